The number of hydrogen-bond donors (Lipinski definition) is 0. The molecule has 0 spiro atoms. The van der Waals surface area contributed by atoms with Crippen LogP contribution in [0.2, 0.25) is 0 Å². The Kier molecular flexibility index (Phi) is 4.27. The van der Waals surface area contributed by atoms with Gasteiger partial charge in [-0.3, -0.25) is 4.90 Å². The second-order valence-corrected chi connectivity index (χ2v) is 7.53. The van der Waals surface area contributed by atoms with Gasteiger partial charge in [0.15, 0.2) is 0 Å². The van der Waals surface area contributed by atoms with Gasteiger partial charge in [-0.2, -0.15) is 0 Å². The number of sulfonamides is 1. The molecule has 19 heavy (non-hydrogen) atoms. The zero-order valence-corrected chi connectivity index (χ0v) is 12.7. The van der Waals surface area contributed by atoms with Crippen molar-refractivity contribution < 1.29 is 8.42 Å². The fourth-order valence-electron chi connectivity index (χ4n) is 2.36. The molecular weight excluding hydrogens is 264 g/mol. The number of aromatic nitrogens is 2. The van der Waals surface area contributed by atoms with Crippen LogP contribution in [0.15, 0.2) is 6.33 Å². The van der Waals surface area contributed by atoms with Gasteiger partial charge in [0, 0.05) is 46.3 Å². The van der Waals surface area contributed by atoms with Gasteiger partial charge in [0.1, 0.15) is 0 Å². The molecule has 0 bridgehead atoms. The van der Waals surface area contributed by atoms with Crippen molar-refractivity contribution in [3.8, 4) is 0 Å². The Bertz CT molecular complexity index is 536. The topological polar surface area (TPSA) is 58.4 Å². The molecule has 1 aliphatic rings. The lowest BCUT2D eigenvalue weighted by molar-refractivity contribution is 0.249. The number of imidazole rings is 1. The van der Waals surface area contributed by atoms with E-state index in [2.05, 4.69) is 14.5 Å². The molecule has 0 aliphatic carbocycles. The van der Waals surface area contributed by atoms with E-state index < -0.39 is 10.0 Å². The number of nitrogens with zero attached hydrogens (tertiary/aromatic N) is 4. The highest BCUT2D eigenvalue weighted by Gasteiger charge is 2.20. The molecule has 6 nitrogen and oxygen atoms in total. The predicted octanol–water partition coefficient (Wildman–Crippen LogP) is 0.0597. The molecule has 0 fully saturated rings. The highest BCUT2D eigenvalue weighted by Crippen LogP contribution is 2.17. The lowest BCUT2D eigenvalue weighted by atomic mass is 10.1. The van der Waals surface area contributed by atoms with Crippen LogP contribution in [0.25, 0.3) is 0 Å². The summed E-state index contributed by atoms with van der Waals surface area (Å²) in [5.74, 6) is 0.214. The van der Waals surface area contributed by atoms with E-state index in [9.17, 15) is 8.42 Å². The Labute approximate surface area is 115 Å². The van der Waals surface area contributed by atoms with Crippen molar-refractivity contribution in [1.82, 2.24) is 18.8 Å². The minimum atomic E-state index is -3.07. The molecule has 0 unspecified atom stereocenters. The molecule has 0 saturated heterocycles. The molecule has 0 atom stereocenters. The fraction of sp³-hybridized carbons (Fsp3) is 0.750. The van der Waals surface area contributed by atoms with Crippen molar-refractivity contribution in [2.24, 2.45) is 7.05 Å². The van der Waals surface area contributed by atoms with E-state index in [0.717, 1.165) is 31.7 Å². The van der Waals surface area contributed by atoms with Crippen LogP contribution >= 0.6 is 0 Å². The smallest absolute Gasteiger partial charge is 0.213 e. The molecule has 0 amide bonds. The standard InChI is InChI=1S/C12H22N4O2S/c1-14(2)19(17,18)8-4-6-16-7-5-12-11(9-16)13-10-15(12)3/h10H,4-9H2,1-3H3. The second kappa shape index (κ2) is 5.60. The Hall–Kier alpha value is -0.920. The largest absolute Gasteiger partial charge is 0.337 e. The van der Waals surface area contributed by atoms with Crippen molar-refractivity contribution in [2.75, 3.05) is 32.9 Å². The van der Waals surface area contributed by atoms with Crippen LogP contribution in [0.5, 0.6) is 0 Å². The quantitative estimate of drug-likeness (QED) is 0.768. The lowest BCUT2D eigenvalue weighted by Gasteiger charge is -2.26. The van der Waals surface area contributed by atoms with E-state index in [1.807, 2.05) is 13.4 Å². The van der Waals surface area contributed by atoms with Gasteiger partial charge in [-0.05, 0) is 13.0 Å². The Morgan fingerprint density at radius 2 is 2.16 bits per heavy atom. The maximum Gasteiger partial charge on any atom is 0.213 e. The maximum absolute atomic E-state index is 11.7. The van der Waals surface area contributed by atoms with Gasteiger partial charge in [-0.25, -0.2) is 17.7 Å². The summed E-state index contributed by atoms with van der Waals surface area (Å²) < 4.78 is 26.7. The normalized spacial score (nSPS) is 16.8. The Morgan fingerprint density at radius 1 is 1.42 bits per heavy atom. The average molecular weight is 286 g/mol. The molecular formula is C12H22N4O2S. The summed E-state index contributed by atoms with van der Waals surface area (Å²) in [6, 6.07) is 0. The number of aryl methyl sites for hydroxylation is 1. The molecule has 0 radical (unpaired) electrons. The molecule has 0 aromatic carbocycles. The molecule has 2 heterocycles. The van der Waals surface area contributed by atoms with Gasteiger partial charge in [0.2, 0.25) is 10.0 Å². The van der Waals surface area contributed by atoms with Crippen LogP contribution in [0, 0.1) is 0 Å². The van der Waals surface area contributed by atoms with E-state index in [4.69, 9.17) is 0 Å². The van der Waals surface area contributed by atoms with Crippen molar-refractivity contribution in [1.29, 1.82) is 0 Å². The summed E-state index contributed by atoms with van der Waals surface area (Å²) in [4.78, 5) is 6.66. The third-order valence-electron chi connectivity index (χ3n) is 3.62. The van der Waals surface area contributed by atoms with Crippen molar-refractivity contribution in [2.45, 2.75) is 19.4 Å². The minimum Gasteiger partial charge on any atom is -0.337 e. The third-order valence-corrected chi connectivity index (χ3v) is 5.53. The van der Waals surface area contributed by atoms with Crippen LogP contribution in [-0.2, 0) is 30.0 Å². The number of hydrogen-bond acceptors (Lipinski definition) is 4. The number of fused-ring (bicyclic) bond motifs is 1. The summed E-state index contributed by atoms with van der Waals surface area (Å²) in [6.07, 6.45) is 3.51. The summed E-state index contributed by atoms with van der Waals surface area (Å²) in [7, 11) is 2.11. The van der Waals surface area contributed by atoms with E-state index >= 15 is 0 Å². The third kappa shape index (κ3) is 3.34. The molecule has 1 aromatic heterocycles. The van der Waals surface area contributed by atoms with Gasteiger partial charge < -0.3 is 4.57 Å². The first-order valence-electron chi connectivity index (χ1n) is 6.52. The molecule has 0 N–H and O–H groups in total. The fourth-order valence-corrected chi connectivity index (χ4v) is 3.21. The molecule has 0 saturated carbocycles. The van der Waals surface area contributed by atoms with Gasteiger partial charge in [0.05, 0.1) is 17.8 Å². The summed E-state index contributed by atoms with van der Waals surface area (Å²) >= 11 is 0. The Balaban J connectivity index is 1.83. The van der Waals surface area contributed by atoms with Crippen molar-refractivity contribution in [3.05, 3.63) is 17.7 Å². The van der Waals surface area contributed by atoms with E-state index in [-0.39, 0.29) is 5.75 Å². The van der Waals surface area contributed by atoms with E-state index in [1.54, 1.807) is 14.1 Å². The first kappa shape index (κ1) is 14.5. The Morgan fingerprint density at radius 3 is 2.84 bits per heavy atom. The van der Waals surface area contributed by atoms with E-state index in [0.29, 0.717) is 6.42 Å². The highest BCUT2D eigenvalue weighted by atomic mass is 32.2. The van der Waals surface area contributed by atoms with Crippen LogP contribution in [0.3, 0.4) is 0 Å². The van der Waals surface area contributed by atoms with Crippen LogP contribution in [0.1, 0.15) is 17.8 Å². The second-order valence-electron chi connectivity index (χ2n) is 5.23. The zero-order valence-electron chi connectivity index (χ0n) is 11.8. The molecule has 108 valence electrons. The zero-order chi connectivity index (χ0) is 14.0. The van der Waals surface area contributed by atoms with E-state index in [1.165, 1.54) is 10.00 Å². The SMILES string of the molecule is CN(C)S(=O)(=O)CCCN1CCc2c(ncn2C)C1. The molecule has 1 aliphatic heterocycles. The van der Waals surface area contributed by atoms with Gasteiger partial charge in [-0.1, -0.05) is 0 Å². The molecule has 1 aromatic rings. The average Bonchev–Trinajstić information content (AvgIpc) is 2.70. The number of rotatable bonds is 5. The van der Waals surface area contributed by atoms with Crippen LogP contribution in [-0.4, -0.2) is 60.1 Å². The molecule has 7 heteroatoms. The first-order valence-corrected chi connectivity index (χ1v) is 8.12. The first-order chi connectivity index (χ1) is 8.90. The van der Waals surface area contributed by atoms with Gasteiger partial charge >= 0.3 is 0 Å². The lowest BCUT2D eigenvalue weighted by Crippen LogP contribution is -2.34. The van der Waals surface area contributed by atoms with Crippen LogP contribution in [0.4, 0.5) is 0 Å². The minimum absolute atomic E-state index is 0.214. The van der Waals surface area contributed by atoms with Crippen molar-refractivity contribution in [3.63, 3.8) is 0 Å². The maximum atomic E-state index is 11.7. The monoisotopic (exact) mass is 286 g/mol. The van der Waals surface area contributed by atoms with Crippen LogP contribution < -0.4 is 0 Å². The summed E-state index contributed by atoms with van der Waals surface area (Å²) in [6.45, 7) is 2.62. The summed E-state index contributed by atoms with van der Waals surface area (Å²) in [5.41, 5.74) is 2.43. The summed E-state index contributed by atoms with van der Waals surface area (Å²) in [5, 5.41) is 0. The van der Waals surface area contributed by atoms with Crippen molar-refractivity contribution >= 4 is 10.0 Å². The predicted molar refractivity (Wildman–Crippen MR) is 74.3 cm³/mol. The van der Waals surface area contributed by atoms with Gasteiger partial charge in [-0.15, -0.1) is 0 Å². The van der Waals surface area contributed by atoms with Gasteiger partial charge in [0.25, 0.3) is 0 Å². The molecule has 2 rings (SSSR count). The highest BCUT2D eigenvalue weighted by molar-refractivity contribution is 7.89.